The highest BCUT2D eigenvalue weighted by Crippen LogP contribution is 2.27. The smallest absolute Gasteiger partial charge is 0.273 e. The number of hydrogen-bond acceptors (Lipinski definition) is 5. The van der Waals surface area contributed by atoms with Crippen molar-refractivity contribution in [3.05, 3.63) is 82.8 Å². The highest BCUT2D eigenvalue weighted by Gasteiger charge is 2.23. The van der Waals surface area contributed by atoms with Crippen LogP contribution in [0.2, 0.25) is 5.02 Å². The molecule has 0 spiro atoms. The number of rotatable bonds is 7. The number of amides is 1. The normalized spacial score (nSPS) is 14.4. The number of halogens is 1. The van der Waals surface area contributed by atoms with Crippen LogP contribution in [0.5, 0.6) is 5.75 Å². The average molecular weight is 454 g/mol. The highest BCUT2D eigenvalue weighted by molar-refractivity contribution is 7.13. The molecule has 4 rings (SSSR count). The lowest BCUT2D eigenvalue weighted by molar-refractivity contribution is 0.0645. The van der Waals surface area contributed by atoms with Crippen molar-refractivity contribution in [3.8, 4) is 16.3 Å². The zero-order valence-corrected chi connectivity index (χ0v) is 18.7. The van der Waals surface area contributed by atoms with Crippen molar-refractivity contribution in [1.82, 2.24) is 14.8 Å². The van der Waals surface area contributed by atoms with Gasteiger partial charge in [-0.2, -0.15) is 0 Å². The van der Waals surface area contributed by atoms with Crippen LogP contribution in [0, 0.1) is 0 Å². The van der Waals surface area contributed by atoms with E-state index in [4.69, 9.17) is 16.3 Å². The molecule has 0 aliphatic carbocycles. The van der Waals surface area contributed by atoms with Crippen LogP contribution in [0.25, 0.3) is 10.6 Å². The maximum Gasteiger partial charge on any atom is 0.273 e. The SMILES string of the molecule is C=CCN1CCN(C(=O)c2csc(-c3ccc(OCc4ccc(Cl)cc4)cc3)n2)CC1. The number of carbonyl (C=O) groups is 1. The van der Waals surface area contributed by atoms with Crippen molar-refractivity contribution in [3.63, 3.8) is 0 Å². The fourth-order valence-electron chi connectivity index (χ4n) is 3.42. The molecule has 160 valence electrons. The molecule has 5 nitrogen and oxygen atoms in total. The minimum absolute atomic E-state index is 0.00340. The lowest BCUT2D eigenvalue weighted by Gasteiger charge is -2.33. The van der Waals surface area contributed by atoms with E-state index in [1.807, 2.05) is 64.9 Å². The van der Waals surface area contributed by atoms with E-state index in [0.29, 0.717) is 17.3 Å². The Morgan fingerprint density at radius 3 is 2.48 bits per heavy atom. The molecule has 7 heteroatoms. The fourth-order valence-corrected chi connectivity index (χ4v) is 4.35. The second-order valence-corrected chi connectivity index (χ2v) is 8.65. The molecule has 0 bridgehead atoms. The zero-order chi connectivity index (χ0) is 21.6. The van der Waals surface area contributed by atoms with Crippen LogP contribution in [0.3, 0.4) is 0 Å². The largest absolute Gasteiger partial charge is 0.489 e. The van der Waals surface area contributed by atoms with Crippen molar-refractivity contribution in [2.24, 2.45) is 0 Å². The number of carbonyl (C=O) groups excluding carboxylic acids is 1. The van der Waals surface area contributed by atoms with E-state index in [2.05, 4.69) is 16.5 Å². The molecular weight excluding hydrogens is 430 g/mol. The van der Waals surface area contributed by atoms with E-state index >= 15 is 0 Å². The first-order valence-corrected chi connectivity index (χ1v) is 11.4. The Balaban J connectivity index is 1.34. The Morgan fingerprint density at radius 1 is 1.10 bits per heavy atom. The Morgan fingerprint density at radius 2 is 1.81 bits per heavy atom. The van der Waals surface area contributed by atoms with Gasteiger partial charge in [0.15, 0.2) is 0 Å². The van der Waals surface area contributed by atoms with Gasteiger partial charge in [0.2, 0.25) is 0 Å². The van der Waals surface area contributed by atoms with E-state index in [1.54, 1.807) is 0 Å². The quantitative estimate of drug-likeness (QED) is 0.473. The van der Waals surface area contributed by atoms with Crippen molar-refractivity contribution >= 4 is 28.8 Å². The number of ether oxygens (including phenoxy) is 1. The number of hydrogen-bond donors (Lipinski definition) is 0. The van der Waals surface area contributed by atoms with E-state index < -0.39 is 0 Å². The van der Waals surface area contributed by atoms with E-state index in [1.165, 1.54) is 11.3 Å². The monoisotopic (exact) mass is 453 g/mol. The maximum atomic E-state index is 12.8. The van der Waals surface area contributed by atoms with Crippen LogP contribution >= 0.6 is 22.9 Å². The van der Waals surface area contributed by atoms with Crippen LogP contribution in [0.4, 0.5) is 0 Å². The van der Waals surface area contributed by atoms with Crippen LogP contribution in [0.1, 0.15) is 16.1 Å². The van der Waals surface area contributed by atoms with E-state index in [-0.39, 0.29) is 5.91 Å². The summed E-state index contributed by atoms with van der Waals surface area (Å²) in [4.78, 5) is 21.6. The van der Waals surface area contributed by atoms with Crippen molar-refractivity contribution in [1.29, 1.82) is 0 Å². The number of thiazole rings is 1. The molecule has 0 unspecified atom stereocenters. The van der Waals surface area contributed by atoms with Gasteiger partial charge in [0, 0.05) is 48.7 Å². The molecule has 31 heavy (non-hydrogen) atoms. The minimum atomic E-state index is 0.00340. The first-order valence-electron chi connectivity index (χ1n) is 10.2. The predicted octanol–water partition coefficient (Wildman–Crippen LogP) is 4.99. The third kappa shape index (κ3) is 5.53. The first kappa shape index (κ1) is 21.6. The third-order valence-electron chi connectivity index (χ3n) is 5.19. The summed E-state index contributed by atoms with van der Waals surface area (Å²) in [6.07, 6.45) is 1.90. The van der Waals surface area contributed by atoms with Crippen LogP contribution in [-0.4, -0.2) is 53.4 Å². The highest BCUT2D eigenvalue weighted by atomic mass is 35.5. The van der Waals surface area contributed by atoms with E-state index in [0.717, 1.165) is 54.6 Å². The lowest BCUT2D eigenvalue weighted by atomic mass is 10.2. The lowest BCUT2D eigenvalue weighted by Crippen LogP contribution is -2.48. The molecule has 1 aliphatic heterocycles. The molecule has 3 aromatic rings. The van der Waals surface area contributed by atoms with Crippen molar-refractivity contribution in [2.45, 2.75) is 6.61 Å². The predicted molar refractivity (Wildman–Crippen MR) is 126 cm³/mol. The number of nitrogens with zero attached hydrogens (tertiary/aromatic N) is 3. The second-order valence-electron chi connectivity index (χ2n) is 7.36. The van der Waals surface area contributed by atoms with Gasteiger partial charge < -0.3 is 9.64 Å². The topological polar surface area (TPSA) is 45.7 Å². The number of piperazine rings is 1. The third-order valence-corrected chi connectivity index (χ3v) is 6.33. The number of benzene rings is 2. The summed E-state index contributed by atoms with van der Waals surface area (Å²) in [6.45, 7) is 8.30. The molecule has 1 aromatic heterocycles. The molecule has 0 atom stereocenters. The first-order chi connectivity index (χ1) is 15.1. The molecule has 2 heterocycles. The van der Waals surface area contributed by atoms with Gasteiger partial charge in [0.25, 0.3) is 5.91 Å². The Labute approximate surface area is 191 Å². The van der Waals surface area contributed by atoms with Crippen LogP contribution in [-0.2, 0) is 6.61 Å². The molecular formula is C24H24ClN3O2S. The Hall–Kier alpha value is -2.67. The molecule has 0 radical (unpaired) electrons. The Kier molecular flexibility index (Phi) is 7.02. The fraction of sp³-hybridized carbons (Fsp3) is 0.250. The van der Waals surface area contributed by atoms with Gasteiger partial charge in [-0.25, -0.2) is 4.98 Å². The van der Waals surface area contributed by atoms with Crippen LogP contribution < -0.4 is 4.74 Å². The molecule has 2 aromatic carbocycles. The Bertz CT molecular complexity index is 1030. The minimum Gasteiger partial charge on any atom is -0.489 e. The second kappa shape index (κ2) is 10.1. The van der Waals surface area contributed by atoms with Gasteiger partial charge >= 0.3 is 0 Å². The molecule has 0 saturated carbocycles. The summed E-state index contributed by atoms with van der Waals surface area (Å²) >= 11 is 7.40. The summed E-state index contributed by atoms with van der Waals surface area (Å²) in [5.41, 5.74) is 2.54. The molecule has 1 aliphatic rings. The average Bonchev–Trinajstić information content (AvgIpc) is 3.30. The summed E-state index contributed by atoms with van der Waals surface area (Å²) in [5, 5.41) is 3.39. The van der Waals surface area contributed by atoms with Gasteiger partial charge in [0.1, 0.15) is 23.1 Å². The van der Waals surface area contributed by atoms with E-state index in [9.17, 15) is 4.79 Å². The number of aromatic nitrogens is 1. The molecule has 1 amide bonds. The molecule has 1 saturated heterocycles. The maximum absolute atomic E-state index is 12.8. The zero-order valence-electron chi connectivity index (χ0n) is 17.2. The van der Waals surface area contributed by atoms with Crippen molar-refractivity contribution in [2.75, 3.05) is 32.7 Å². The van der Waals surface area contributed by atoms with Gasteiger partial charge in [0.05, 0.1) is 0 Å². The summed E-state index contributed by atoms with van der Waals surface area (Å²) < 4.78 is 5.84. The van der Waals surface area contributed by atoms with Gasteiger partial charge in [-0.15, -0.1) is 17.9 Å². The standard InChI is InChI=1S/C24H24ClN3O2S/c1-2-11-27-12-14-28(15-13-27)24(29)22-17-31-23(26-22)19-5-9-21(10-6-19)30-16-18-3-7-20(25)8-4-18/h2-10,17H,1,11-16H2. The van der Waals surface area contributed by atoms with Crippen LogP contribution in [0.15, 0.2) is 66.6 Å². The summed E-state index contributed by atoms with van der Waals surface area (Å²) in [5.74, 6) is 0.785. The van der Waals surface area contributed by atoms with Crippen molar-refractivity contribution < 1.29 is 9.53 Å². The molecule has 0 N–H and O–H groups in total. The molecule has 1 fully saturated rings. The van der Waals surface area contributed by atoms with Gasteiger partial charge in [-0.1, -0.05) is 29.8 Å². The summed E-state index contributed by atoms with van der Waals surface area (Å²) in [6, 6.07) is 15.4. The van der Waals surface area contributed by atoms with Gasteiger partial charge in [-0.3, -0.25) is 9.69 Å². The summed E-state index contributed by atoms with van der Waals surface area (Å²) in [7, 11) is 0. The van der Waals surface area contributed by atoms with Gasteiger partial charge in [-0.05, 0) is 42.0 Å².